The topological polar surface area (TPSA) is 29.0 Å². The Kier molecular flexibility index (Phi) is 5.74. The summed E-state index contributed by atoms with van der Waals surface area (Å²) in [5.41, 5.74) is 7.05. The number of anilines is 1. The number of hydrogen-bond donors (Lipinski definition) is 0. The Morgan fingerprint density at radius 2 is 1.47 bits per heavy atom. The van der Waals surface area contributed by atoms with E-state index in [1.54, 1.807) is 0 Å². The molecule has 0 radical (unpaired) electrons. The van der Waals surface area contributed by atoms with Gasteiger partial charge in [-0.05, 0) is 56.5 Å². The first-order valence-electron chi connectivity index (χ1n) is 10.3. The second kappa shape index (κ2) is 8.45. The third-order valence-corrected chi connectivity index (χ3v) is 5.80. The third kappa shape index (κ3) is 3.90. The van der Waals surface area contributed by atoms with E-state index in [1.165, 1.54) is 27.8 Å². The highest BCUT2D eigenvalue weighted by Crippen LogP contribution is 2.35. The van der Waals surface area contributed by atoms with Crippen LogP contribution in [0, 0.1) is 20.8 Å². The zero-order valence-electron chi connectivity index (χ0n) is 17.9. The zero-order valence-corrected chi connectivity index (χ0v) is 18.7. The van der Waals surface area contributed by atoms with E-state index < -0.39 is 0 Å². The van der Waals surface area contributed by atoms with E-state index in [9.17, 15) is 0 Å². The van der Waals surface area contributed by atoms with Gasteiger partial charge < -0.3 is 4.90 Å². The molecular formula is C26H26ClN3. The number of halogens is 1. The maximum atomic E-state index is 6.05. The van der Waals surface area contributed by atoms with Gasteiger partial charge in [0, 0.05) is 34.4 Å². The molecule has 0 saturated heterocycles. The summed E-state index contributed by atoms with van der Waals surface area (Å²) in [6.07, 6.45) is 0. The Labute approximate surface area is 183 Å². The molecule has 4 aromatic rings. The second-order valence-electron chi connectivity index (χ2n) is 7.83. The quantitative estimate of drug-likeness (QED) is 0.355. The molecule has 0 bridgehead atoms. The Bertz CT molecular complexity index is 1180. The number of rotatable bonds is 5. The van der Waals surface area contributed by atoms with Gasteiger partial charge in [-0.1, -0.05) is 65.7 Å². The van der Waals surface area contributed by atoms with Gasteiger partial charge in [0.25, 0.3) is 0 Å². The minimum Gasteiger partial charge on any atom is -0.351 e. The van der Waals surface area contributed by atoms with Crippen molar-refractivity contribution in [3.63, 3.8) is 0 Å². The van der Waals surface area contributed by atoms with E-state index in [2.05, 4.69) is 81.1 Å². The lowest BCUT2D eigenvalue weighted by Crippen LogP contribution is -2.24. The molecule has 0 aliphatic heterocycles. The average Bonchev–Trinajstić information content (AvgIpc) is 2.73. The van der Waals surface area contributed by atoms with Crippen LogP contribution >= 0.6 is 11.6 Å². The van der Waals surface area contributed by atoms with Crippen LogP contribution in [-0.2, 0) is 6.54 Å². The minimum atomic E-state index is 0.750. The molecule has 3 aromatic carbocycles. The summed E-state index contributed by atoms with van der Waals surface area (Å²) in [5.74, 6) is 0.911. The molecular weight excluding hydrogens is 390 g/mol. The van der Waals surface area contributed by atoms with Crippen molar-refractivity contribution in [1.82, 2.24) is 10.2 Å². The first-order chi connectivity index (χ1) is 14.5. The Balaban J connectivity index is 1.84. The van der Waals surface area contributed by atoms with Crippen molar-refractivity contribution < 1.29 is 0 Å². The summed E-state index contributed by atoms with van der Waals surface area (Å²) in [6.45, 7) is 10.2. The molecule has 3 nitrogen and oxygen atoms in total. The number of aromatic nitrogens is 2. The van der Waals surface area contributed by atoms with Crippen molar-refractivity contribution in [2.24, 2.45) is 0 Å². The molecule has 0 saturated carbocycles. The van der Waals surface area contributed by atoms with Crippen LogP contribution in [0.2, 0.25) is 5.02 Å². The molecule has 0 amide bonds. The molecule has 0 aliphatic rings. The van der Waals surface area contributed by atoms with Gasteiger partial charge in [-0.2, -0.15) is 0 Å². The molecule has 4 rings (SSSR count). The number of nitrogens with zero attached hydrogens (tertiary/aromatic N) is 3. The van der Waals surface area contributed by atoms with Crippen molar-refractivity contribution in [2.75, 3.05) is 11.4 Å². The summed E-state index contributed by atoms with van der Waals surface area (Å²) in [4.78, 5) is 2.26. The fourth-order valence-electron chi connectivity index (χ4n) is 4.21. The van der Waals surface area contributed by atoms with Crippen molar-refractivity contribution in [3.8, 4) is 11.3 Å². The van der Waals surface area contributed by atoms with Crippen molar-refractivity contribution in [2.45, 2.75) is 34.2 Å². The van der Waals surface area contributed by atoms with Gasteiger partial charge in [-0.3, -0.25) is 0 Å². The van der Waals surface area contributed by atoms with E-state index >= 15 is 0 Å². The lowest BCUT2D eigenvalue weighted by molar-refractivity contribution is 0.804. The summed E-state index contributed by atoms with van der Waals surface area (Å²) in [7, 11) is 0. The maximum absolute atomic E-state index is 6.05. The molecule has 0 aliphatic carbocycles. The van der Waals surface area contributed by atoms with Gasteiger partial charge in [0.2, 0.25) is 0 Å². The van der Waals surface area contributed by atoms with Crippen LogP contribution < -0.4 is 4.90 Å². The molecule has 4 heteroatoms. The van der Waals surface area contributed by atoms with Crippen molar-refractivity contribution in [1.29, 1.82) is 0 Å². The monoisotopic (exact) mass is 415 g/mol. The summed E-state index contributed by atoms with van der Waals surface area (Å²) in [6, 6.07) is 20.9. The number of hydrogen-bond acceptors (Lipinski definition) is 3. The number of fused-ring (bicyclic) bond motifs is 1. The van der Waals surface area contributed by atoms with Crippen LogP contribution in [0.1, 0.15) is 29.2 Å². The Morgan fingerprint density at radius 3 is 2.10 bits per heavy atom. The largest absolute Gasteiger partial charge is 0.351 e. The van der Waals surface area contributed by atoms with Gasteiger partial charge in [0.15, 0.2) is 5.82 Å². The van der Waals surface area contributed by atoms with Gasteiger partial charge in [0.1, 0.15) is 5.69 Å². The molecule has 0 N–H and O–H groups in total. The Hall–Kier alpha value is -2.91. The van der Waals surface area contributed by atoms with Gasteiger partial charge in [0.05, 0.1) is 0 Å². The van der Waals surface area contributed by atoms with Crippen LogP contribution in [0.4, 0.5) is 5.82 Å². The second-order valence-corrected chi connectivity index (χ2v) is 8.27. The predicted molar refractivity (Wildman–Crippen MR) is 127 cm³/mol. The minimum absolute atomic E-state index is 0.750. The van der Waals surface area contributed by atoms with Crippen LogP contribution in [0.15, 0.2) is 60.7 Å². The van der Waals surface area contributed by atoms with Crippen LogP contribution in [0.5, 0.6) is 0 Å². The van der Waals surface area contributed by atoms with E-state index in [-0.39, 0.29) is 0 Å². The fraction of sp³-hybridized carbons (Fsp3) is 0.231. The van der Waals surface area contributed by atoms with E-state index in [4.69, 9.17) is 21.8 Å². The Morgan fingerprint density at radius 1 is 0.833 bits per heavy atom. The molecule has 30 heavy (non-hydrogen) atoms. The van der Waals surface area contributed by atoms with Gasteiger partial charge in [-0.15, -0.1) is 10.2 Å². The fourth-order valence-corrected chi connectivity index (χ4v) is 4.33. The lowest BCUT2D eigenvalue weighted by atomic mass is 9.94. The number of benzene rings is 3. The van der Waals surface area contributed by atoms with E-state index in [1.807, 2.05) is 12.1 Å². The molecule has 0 unspecified atom stereocenters. The first-order valence-corrected chi connectivity index (χ1v) is 10.7. The van der Waals surface area contributed by atoms with Crippen molar-refractivity contribution in [3.05, 3.63) is 87.9 Å². The molecule has 0 atom stereocenters. The van der Waals surface area contributed by atoms with Crippen LogP contribution in [0.3, 0.4) is 0 Å². The molecule has 0 spiro atoms. The van der Waals surface area contributed by atoms with Crippen molar-refractivity contribution >= 4 is 28.2 Å². The standard InChI is InChI=1S/C26H26ClN3/c1-5-30(16-20-10-12-21(27)13-11-20)26-23-9-7-6-8-22(23)25(28-29-26)24-18(3)14-17(2)15-19(24)4/h6-15H,5,16H2,1-4H3. The molecule has 0 fully saturated rings. The molecule has 1 heterocycles. The average molecular weight is 416 g/mol. The van der Waals surface area contributed by atoms with E-state index in [0.717, 1.165) is 40.4 Å². The lowest BCUT2D eigenvalue weighted by Gasteiger charge is -2.24. The summed E-state index contributed by atoms with van der Waals surface area (Å²) >= 11 is 6.05. The highest BCUT2D eigenvalue weighted by atomic mass is 35.5. The third-order valence-electron chi connectivity index (χ3n) is 5.55. The van der Waals surface area contributed by atoms with Crippen LogP contribution in [0.25, 0.3) is 22.0 Å². The normalized spacial score (nSPS) is 11.1. The maximum Gasteiger partial charge on any atom is 0.159 e. The highest BCUT2D eigenvalue weighted by molar-refractivity contribution is 6.30. The zero-order chi connectivity index (χ0) is 21.3. The summed E-state index contributed by atoms with van der Waals surface area (Å²) < 4.78 is 0. The number of aryl methyl sites for hydroxylation is 3. The first kappa shape index (κ1) is 20.4. The molecule has 152 valence electrons. The van der Waals surface area contributed by atoms with Gasteiger partial charge in [-0.25, -0.2) is 0 Å². The van der Waals surface area contributed by atoms with E-state index in [0.29, 0.717) is 0 Å². The van der Waals surface area contributed by atoms with Gasteiger partial charge >= 0.3 is 0 Å². The molecule has 1 aromatic heterocycles. The predicted octanol–water partition coefficient (Wildman–Crippen LogP) is 6.90. The highest BCUT2D eigenvalue weighted by Gasteiger charge is 2.18. The smallest absolute Gasteiger partial charge is 0.159 e. The SMILES string of the molecule is CCN(Cc1ccc(Cl)cc1)c1nnc(-c2c(C)cc(C)cc2C)c2ccccc12. The van der Waals surface area contributed by atoms with Crippen LogP contribution in [-0.4, -0.2) is 16.7 Å². The summed E-state index contributed by atoms with van der Waals surface area (Å²) in [5, 5.41) is 12.5.